The van der Waals surface area contributed by atoms with Crippen LogP contribution in [0.4, 0.5) is 5.69 Å². The molecule has 4 heteroatoms. The van der Waals surface area contributed by atoms with Gasteiger partial charge in [-0.15, -0.1) is 0 Å². The fraction of sp³-hybridized carbons (Fsp3) is 0.357. The molecule has 1 amide bonds. The lowest BCUT2D eigenvalue weighted by molar-refractivity contribution is -0.111. The van der Waals surface area contributed by atoms with Gasteiger partial charge in [-0.05, 0) is 23.8 Å². The van der Waals surface area contributed by atoms with Crippen molar-refractivity contribution in [1.82, 2.24) is 4.90 Å². The highest BCUT2D eigenvalue weighted by atomic mass is 32.2. The van der Waals surface area contributed by atoms with Crippen molar-refractivity contribution in [3.8, 4) is 0 Å². The largest absolute Gasteiger partial charge is 0.323 e. The third kappa shape index (κ3) is 3.89. The van der Waals surface area contributed by atoms with E-state index in [1.165, 1.54) is 23.1 Å². The fourth-order valence-corrected chi connectivity index (χ4v) is 2.94. The molecule has 0 atom stereocenters. The Balaban J connectivity index is 1.97. The molecule has 1 aromatic rings. The van der Waals surface area contributed by atoms with Gasteiger partial charge in [0.2, 0.25) is 5.91 Å². The number of rotatable bonds is 4. The highest BCUT2D eigenvalue weighted by molar-refractivity contribution is 7.99. The monoisotopic (exact) mass is 262 g/mol. The van der Waals surface area contributed by atoms with E-state index in [9.17, 15) is 4.79 Å². The Hall–Kier alpha value is -1.26. The van der Waals surface area contributed by atoms with Crippen molar-refractivity contribution in [2.45, 2.75) is 6.54 Å². The average Bonchev–Trinajstić information content (AvgIpc) is 2.40. The van der Waals surface area contributed by atoms with E-state index in [4.69, 9.17) is 0 Å². The number of hydrogen-bond donors (Lipinski definition) is 1. The van der Waals surface area contributed by atoms with E-state index in [1.807, 2.05) is 30.0 Å². The Morgan fingerprint density at radius 3 is 2.94 bits per heavy atom. The van der Waals surface area contributed by atoms with Gasteiger partial charge in [0.25, 0.3) is 0 Å². The number of nitrogens with one attached hydrogen (secondary N) is 1. The number of anilines is 1. The quantitative estimate of drug-likeness (QED) is 0.845. The molecule has 1 aliphatic rings. The Bertz CT molecular complexity index is 428. The maximum absolute atomic E-state index is 11.2. The SMILES string of the molecule is C=CC(=O)Nc1cccc(CN2CCSCC2)c1. The standard InChI is InChI=1S/C14H18N2OS/c1-2-14(17)15-13-5-3-4-12(10-13)11-16-6-8-18-9-7-16/h2-5,10H,1,6-9,11H2,(H,15,17). The molecule has 0 radical (unpaired) electrons. The molecule has 1 N–H and O–H groups in total. The molecule has 1 heterocycles. The highest BCUT2D eigenvalue weighted by Gasteiger charge is 2.10. The van der Waals surface area contributed by atoms with Crippen molar-refractivity contribution < 1.29 is 4.79 Å². The number of amides is 1. The van der Waals surface area contributed by atoms with Crippen LogP contribution in [0.5, 0.6) is 0 Å². The molecule has 0 aliphatic carbocycles. The summed E-state index contributed by atoms with van der Waals surface area (Å²) in [4.78, 5) is 13.7. The summed E-state index contributed by atoms with van der Waals surface area (Å²) < 4.78 is 0. The molecule has 1 fully saturated rings. The minimum atomic E-state index is -0.165. The summed E-state index contributed by atoms with van der Waals surface area (Å²) in [7, 11) is 0. The van der Waals surface area contributed by atoms with E-state index in [2.05, 4.69) is 22.9 Å². The van der Waals surface area contributed by atoms with Crippen LogP contribution in [0.3, 0.4) is 0 Å². The first-order valence-electron chi connectivity index (χ1n) is 6.10. The second-order valence-corrected chi connectivity index (χ2v) is 5.51. The number of carbonyl (C=O) groups excluding carboxylic acids is 1. The molecule has 0 unspecified atom stereocenters. The number of hydrogen-bond acceptors (Lipinski definition) is 3. The van der Waals surface area contributed by atoms with E-state index in [1.54, 1.807) is 0 Å². The number of thioether (sulfide) groups is 1. The molecular formula is C14H18N2OS. The molecule has 1 aromatic carbocycles. The van der Waals surface area contributed by atoms with Crippen LogP contribution in [0.1, 0.15) is 5.56 Å². The summed E-state index contributed by atoms with van der Waals surface area (Å²) in [5.41, 5.74) is 2.08. The van der Waals surface area contributed by atoms with Gasteiger partial charge in [-0.1, -0.05) is 18.7 Å². The van der Waals surface area contributed by atoms with Crippen LogP contribution in [-0.4, -0.2) is 35.4 Å². The number of nitrogens with zero attached hydrogens (tertiary/aromatic N) is 1. The summed E-state index contributed by atoms with van der Waals surface area (Å²) in [6, 6.07) is 8.01. The first kappa shape index (κ1) is 13.2. The van der Waals surface area contributed by atoms with E-state index in [-0.39, 0.29) is 5.91 Å². The highest BCUT2D eigenvalue weighted by Crippen LogP contribution is 2.16. The Kier molecular flexibility index (Phi) is 4.84. The zero-order valence-electron chi connectivity index (χ0n) is 10.4. The Morgan fingerprint density at radius 1 is 1.44 bits per heavy atom. The van der Waals surface area contributed by atoms with Gasteiger partial charge in [-0.3, -0.25) is 9.69 Å². The summed E-state index contributed by atoms with van der Waals surface area (Å²) in [6.45, 7) is 6.70. The Morgan fingerprint density at radius 2 is 2.22 bits per heavy atom. The lowest BCUT2D eigenvalue weighted by Crippen LogP contribution is -2.31. The second kappa shape index (κ2) is 6.61. The van der Waals surface area contributed by atoms with Crippen LogP contribution in [0.15, 0.2) is 36.9 Å². The van der Waals surface area contributed by atoms with Gasteiger partial charge in [0, 0.05) is 36.8 Å². The zero-order valence-corrected chi connectivity index (χ0v) is 11.2. The number of benzene rings is 1. The fourth-order valence-electron chi connectivity index (χ4n) is 1.96. The molecule has 18 heavy (non-hydrogen) atoms. The topological polar surface area (TPSA) is 32.3 Å². The van der Waals surface area contributed by atoms with Gasteiger partial charge in [-0.2, -0.15) is 11.8 Å². The van der Waals surface area contributed by atoms with Crippen molar-refractivity contribution in [2.75, 3.05) is 29.9 Å². The van der Waals surface area contributed by atoms with E-state index in [0.29, 0.717) is 0 Å². The predicted octanol–water partition coefficient (Wildman–Crippen LogP) is 2.36. The van der Waals surface area contributed by atoms with Crippen LogP contribution >= 0.6 is 11.8 Å². The molecule has 96 valence electrons. The van der Waals surface area contributed by atoms with Gasteiger partial charge >= 0.3 is 0 Å². The zero-order chi connectivity index (χ0) is 12.8. The van der Waals surface area contributed by atoms with Crippen LogP contribution < -0.4 is 5.32 Å². The molecule has 1 saturated heterocycles. The molecule has 3 nitrogen and oxygen atoms in total. The van der Waals surface area contributed by atoms with Crippen LogP contribution in [-0.2, 0) is 11.3 Å². The van der Waals surface area contributed by atoms with Crippen molar-refractivity contribution in [1.29, 1.82) is 0 Å². The minimum Gasteiger partial charge on any atom is -0.323 e. The molecule has 0 saturated carbocycles. The average molecular weight is 262 g/mol. The molecule has 2 rings (SSSR count). The summed E-state index contributed by atoms with van der Waals surface area (Å²) in [6.07, 6.45) is 1.29. The van der Waals surface area contributed by atoms with E-state index >= 15 is 0 Å². The van der Waals surface area contributed by atoms with Crippen molar-refractivity contribution in [2.24, 2.45) is 0 Å². The normalized spacial score (nSPS) is 16.2. The van der Waals surface area contributed by atoms with Gasteiger partial charge in [-0.25, -0.2) is 0 Å². The molecule has 1 aliphatic heterocycles. The van der Waals surface area contributed by atoms with Crippen LogP contribution in [0, 0.1) is 0 Å². The van der Waals surface area contributed by atoms with Gasteiger partial charge in [0.15, 0.2) is 0 Å². The second-order valence-electron chi connectivity index (χ2n) is 4.28. The lowest BCUT2D eigenvalue weighted by atomic mass is 10.2. The third-order valence-corrected chi connectivity index (χ3v) is 3.83. The first-order chi connectivity index (χ1) is 8.78. The maximum atomic E-state index is 11.2. The van der Waals surface area contributed by atoms with E-state index in [0.717, 1.165) is 25.3 Å². The van der Waals surface area contributed by atoms with Gasteiger partial charge in [0.1, 0.15) is 0 Å². The van der Waals surface area contributed by atoms with Crippen molar-refractivity contribution in [3.63, 3.8) is 0 Å². The molecule has 0 aromatic heterocycles. The smallest absolute Gasteiger partial charge is 0.247 e. The third-order valence-electron chi connectivity index (χ3n) is 2.89. The Labute approximate surface area is 112 Å². The van der Waals surface area contributed by atoms with Crippen molar-refractivity contribution >= 4 is 23.4 Å². The molecular weight excluding hydrogens is 244 g/mol. The molecule has 0 bridgehead atoms. The molecule has 0 spiro atoms. The van der Waals surface area contributed by atoms with Crippen LogP contribution in [0.25, 0.3) is 0 Å². The van der Waals surface area contributed by atoms with Gasteiger partial charge in [0.05, 0.1) is 0 Å². The first-order valence-corrected chi connectivity index (χ1v) is 7.26. The predicted molar refractivity (Wildman–Crippen MR) is 77.9 cm³/mol. The lowest BCUT2D eigenvalue weighted by Gasteiger charge is -2.26. The summed E-state index contributed by atoms with van der Waals surface area (Å²) in [5, 5.41) is 2.79. The van der Waals surface area contributed by atoms with Crippen molar-refractivity contribution in [3.05, 3.63) is 42.5 Å². The summed E-state index contributed by atoms with van der Waals surface area (Å²) >= 11 is 2.01. The van der Waals surface area contributed by atoms with Gasteiger partial charge < -0.3 is 5.32 Å². The summed E-state index contributed by atoms with van der Waals surface area (Å²) in [5.74, 6) is 2.27. The van der Waals surface area contributed by atoms with Crippen LogP contribution in [0.2, 0.25) is 0 Å². The maximum Gasteiger partial charge on any atom is 0.247 e. The number of carbonyl (C=O) groups is 1. The van der Waals surface area contributed by atoms with E-state index < -0.39 is 0 Å². The minimum absolute atomic E-state index is 0.165.